The maximum atomic E-state index is 12.3. The van der Waals surface area contributed by atoms with Crippen molar-refractivity contribution >= 4 is 54.8 Å². The van der Waals surface area contributed by atoms with Gasteiger partial charge in [-0.3, -0.25) is 4.72 Å². The molecule has 112 valence electrons. The maximum Gasteiger partial charge on any atom is 0.261 e. The Bertz CT molecular complexity index is 758. The Hall–Kier alpha value is -0.790. The van der Waals surface area contributed by atoms with E-state index in [1.165, 1.54) is 24.3 Å². The van der Waals surface area contributed by atoms with Crippen molar-refractivity contribution in [2.75, 3.05) is 4.72 Å². The highest BCUT2D eigenvalue weighted by molar-refractivity contribution is 9.10. The van der Waals surface area contributed by atoms with Crippen LogP contribution in [0.5, 0.6) is 0 Å². The topological polar surface area (TPSA) is 66.4 Å². The third kappa shape index (κ3) is 3.90. The van der Waals surface area contributed by atoms with E-state index in [0.717, 1.165) is 0 Å². The zero-order valence-electron chi connectivity index (χ0n) is 10.5. The smallest absolute Gasteiger partial charge is 0.261 e. The second-order valence-corrected chi connectivity index (χ2v) is 7.57. The van der Waals surface area contributed by atoms with Gasteiger partial charge in [0, 0.05) is 4.47 Å². The number of nitrogens with one attached hydrogen (secondary N) is 1. The molecule has 0 saturated heterocycles. The number of hydrogen-bond donors (Lipinski definition) is 2. The minimum Gasteiger partial charge on any atom is -0.392 e. The first-order valence-corrected chi connectivity index (χ1v) is 8.74. The van der Waals surface area contributed by atoms with Crippen LogP contribution in [0.4, 0.5) is 5.69 Å². The summed E-state index contributed by atoms with van der Waals surface area (Å²) < 4.78 is 27.7. The Labute approximate surface area is 140 Å². The lowest BCUT2D eigenvalue weighted by atomic mass is 10.2. The maximum absolute atomic E-state index is 12.3. The molecule has 2 aromatic carbocycles. The molecule has 0 bridgehead atoms. The second-order valence-electron chi connectivity index (χ2n) is 4.16. The van der Waals surface area contributed by atoms with Crippen LogP contribution < -0.4 is 4.72 Å². The fourth-order valence-corrected chi connectivity index (χ4v) is 4.23. The molecule has 0 aliphatic rings. The molecule has 0 radical (unpaired) electrons. The molecule has 0 unspecified atom stereocenters. The molecular formula is C13H10BrCl2NO3S. The van der Waals surface area contributed by atoms with Crippen molar-refractivity contribution in [3.05, 3.63) is 56.5 Å². The van der Waals surface area contributed by atoms with Crippen molar-refractivity contribution in [3.8, 4) is 0 Å². The van der Waals surface area contributed by atoms with E-state index in [1.807, 2.05) is 0 Å². The molecule has 2 rings (SSSR count). The van der Waals surface area contributed by atoms with Crippen LogP contribution in [0.25, 0.3) is 0 Å². The van der Waals surface area contributed by atoms with Crippen LogP contribution in [0.1, 0.15) is 5.56 Å². The van der Waals surface area contributed by atoms with Gasteiger partial charge in [0.05, 0.1) is 27.2 Å². The summed E-state index contributed by atoms with van der Waals surface area (Å²) in [6.45, 7) is -0.247. The number of aliphatic hydroxyl groups excluding tert-OH is 1. The summed E-state index contributed by atoms with van der Waals surface area (Å²) in [5, 5.41) is 9.43. The second kappa shape index (κ2) is 6.54. The van der Waals surface area contributed by atoms with Crippen molar-refractivity contribution in [2.24, 2.45) is 0 Å². The number of anilines is 1. The van der Waals surface area contributed by atoms with E-state index in [4.69, 9.17) is 28.3 Å². The molecule has 0 heterocycles. The van der Waals surface area contributed by atoms with Gasteiger partial charge in [0.15, 0.2) is 0 Å². The largest absolute Gasteiger partial charge is 0.392 e. The highest BCUT2D eigenvalue weighted by atomic mass is 79.9. The van der Waals surface area contributed by atoms with Crippen molar-refractivity contribution in [1.29, 1.82) is 0 Å². The number of halogens is 3. The van der Waals surface area contributed by atoms with Crippen molar-refractivity contribution in [2.45, 2.75) is 11.5 Å². The molecule has 0 saturated carbocycles. The van der Waals surface area contributed by atoms with E-state index >= 15 is 0 Å². The molecule has 8 heteroatoms. The highest BCUT2D eigenvalue weighted by Crippen LogP contribution is 2.35. The van der Waals surface area contributed by atoms with Gasteiger partial charge in [-0.2, -0.15) is 0 Å². The van der Waals surface area contributed by atoms with Crippen molar-refractivity contribution in [1.82, 2.24) is 0 Å². The predicted octanol–water partition coefficient (Wildman–Crippen LogP) is 4.05. The van der Waals surface area contributed by atoms with Gasteiger partial charge in [-0.15, -0.1) is 0 Å². The first-order valence-electron chi connectivity index (χ1n) is 5.70. The summed E-state index contributed by atoms with van der Waals surface area (Å²) in [5.41, 5.74) is 0.599. The first-order chi connectivity index (χ1) is 9.83. The van der Waals surface area contributed by atoms with Gasteiger partial charge in [-0.1, -0.05) is 51.3 Å². The van der Waals surface area contributed by atoms with E-state index in [2.05, 4.69) is 20.7 Å². The summed E-state index contributed by atoms with van der Waals surface area (Å²) in [4.78, 5) is 0.0177. The Morgan fingerprint density at radius 3 is 2.33 bits per heavy atom. The van der Waals surface area contributed by atoms with Gasteiger partial charge in [0.25, 0.3) is 10.0 Å². The standard InChI is InChI=1S/C13H10BrCl2NO3S/c14-9-5-11(15)13(12(16)6-9)17-21(19,20)10-3-1-2-8(4-10)7-18/h1-6,17-18H,7H2. The number of sulfonamides is 1. The molecule has 0 aromatic heterocycles. The summed E-state index contributed by atoms with van der Waals surface area (Å²) in [6, 6.07) is 9.04. The molecule has 0 aliphatic carbocycles. The zero-order chi connectivity index (χ0) is 15.6. The Morgan fingerprint density at radius 2 is 1.76 bits per heavy atom. The molecule has 4 nitrogen and oxygen atoms in total. The van der Waals surface area contributed by atoms with E-state index in [1.54, 1.807) is 12.1 Å². The molecule has 2 aromatic rings. The Kier molecular flexibility index (Phi) is 5.16. The summed E-state index contributed by atoms with van der Waals surface area (Å²) in [6.07, 6.45) is 0. The van der Waals surface area contributed by atoms with Crippen LogP contribution in [-0.2, 0) is 16.6 Å². The van der Waals surface area contributed by atoms with Crippen LogP contribution >= 0.6 is 39.1 Å². The van der Waals surface area contributed by atoms with Gasteiger partial charge >= 0.3 is 0 Å². The molecule has 2 N–H and O–H groups in total. The monoisotopic (exact) mass is 409 g/mol. The summed E-state index contributed by atoms with van der Waals surface area (Å²) in [7, 11) is -3.85. The SMILES string of the molecule is O=S(=O)(Nc1c(Cl)cc(Br)cc1Cl)c1cccc(CO)c1. The van der Waals surface area contributed by atoms with E-state index in [0.29, 0.717) is 10.0 Å². The number of rotatable bonds is 4. The number of benzene rings is 2. The van der Waals surface area contributed by atoms with Crippen LogP contribution in [0, 0.1) is 0 Å². The van der Waals surface area contributed by atoms with Crippen LogP contribution in [-0.4, -0.2) is 13.5 Å². The number of hydrogen-bond acceptors (Lipinski definition) is 3. The van der Waals surface area contributed by atoms with Gasteiger partial charge < -0.3 is 5.11 Å². The van der Waals surface area contributed by atoms with E-state index < -0.39 is 10.0 Å². The third-order valence-electron chi connectivity index (χ3n) is 2.63. The number of aliphatic hydroxyl groups is 1. The molecule has 21 heavy (non-hydrogen) atoms. The third-order valence-corrected chi connectivity index (χ3v) is 5.04. The van der Waals surface area contributed by atoms with Crippen LogP contribution in [0.3, 0.4) is 0 Å². The molecule has 0 aliphatic heterocycles. The van der Waals surface area contributed by atoms with Crippen LogP contribution in [0.15, 0.2) is 45.8 Å². The van der Waals surface area contributed by atoms with Crippen molar-refractivity contribution in [3.63, 3.8) is 0 Å². The summed E-state index contributed by atoms with van der Waals surface area (Å²) in [5.74, 6) is 0. The molecule has 0 atom stereocenters. The minimum absolute atomic E-state index is 0.0177. The minimum atomic E-state index is -3.85. The average molecular weight is 411 g/mol. The molecule has 0 spiro atoms. The zero-order valence-corrected chi connectivity index (χ0v) is 14.4. The normalized spacial score (nSPS) is 11.4. The van der Waals surface area contributed by atoms with E-state index in [-0.39, 0.29) is 27.2 Å². The fraction of sp³-hybridized carbons (Fsp3) is 0.0769. The lowest BCUT2D eigenvalue weighted by Crippen LogP contribution is -2.14. The predicted molar refractivity (Wildman–Crippen MR) is 87.3 cm³/mol. The fourth-order valence-electron chi connectivity index (χ4n) is 1.64. The molecule has 0 fully saturated rings. The first kappa shape index (κ1) is 16.6. The van der Waals surface area contributed by atoms with Crippen molar-refractivity contribution < 1.29 is 13.5 Å². The van der Waals surface area contributed by atoms with Crippen LogP contribution in [0.2, 0.25) is 10.0 Å². The molecular weight excluding hydrogens is 401 g/mol. The Balaban J connectivity index is 2.42. The summed E-state index contributed by atoms with van der Waals surface area (Å²) >= 11 is 15.2. The van der Waals surface area contributed by atoms with Gasteiger partial charge in [-0.05, 0) is 29.8 Å². The lowest BCUT2D eigenvalue weighted by Gasteiger charge is -2.12. The highest BCUT2D eigenvalue weighted by Gasteiger charge is 2.18. The lowest BCUT2D eigenvalue weighted by molar-refractivity contribution is 0.281. The van der Waals surface area contributed by atoms with Gasteiger partial charge in [-0.25, -0.2) is 8.42 Å². The quantitative estimate of drug-likeness (QED) is 0.798. The Morgan fingerprint density at radius 1 is 1.14 bits per heavy atom. The van der Waals surface area contributed by atoms with E-state index in [9.17, 15) is 8.42 Å². The molecule has 0 amide bonds. The van der Waals surface area contributed by atoms with Gasteiger partial charge in [0.2, 0.25) is 0 Å². The van der Waals surface area contributed by atoms with Gasteiger partial charge in [0.1, 0.15) is 0 Å². The average Bonchev–Trinajstić information content (AvgIpc) is 2.43.